The molecule has 1 atom stereocenters. The summed E-state index contributed by atoms with van der Waals surface area (Å²) in [6.45, 7) is 6.77. The second-order valence-electron chi connectivity index (χ2n) is 6.22. The van der Waals surface area contributed by atoms with Gasteiger partial charge in [-0.2, -0.15) is 11.8 Å². The maximum Gasteiger partial charge on any atom is 0.0432 e. The molecule has 0 amide bonds. The average molecular weight is 256 g/mol. The van der Waals surface area contributed by atoms with Crippen molar-refractivity contribution in [2.75, 3.05) is 24.6 Å². The van der Waals surface area contributed by atoms with Crippen molar-refractivity contribution in [1.29, 1.82) is 0 Å². The molecule has 0 radical (unpaired) electrons. The smallest absolute Gasteiger partial charge is 0.0432 e. The van der Waals surface area contributed by atoms with Crippen LogP contribution in [0.2, 0.25) is 0 Å². The number of nitrogens with zero attached hydrogens (tertiary/aromatic N) is 1. The molecule has 2 nitrogen and oxygen atoms in total. The minimum Gasteiger partial charge on any atom is -0.329 e. The van der Waals surface area contributed by atoms with Crippen LogP contribution in [0, 0.1) is 5.92 Å². The van der Waals surface area contributed by atoms with Crippen molar-refractivity contribution in [3.8, 4) is 0 Å². The topological polar surface area (TPSA) is 29.3 Å². The van der Waals surface area contributed by atoms with Crippen molar-refractivity contribution in [2.24, 2.45) is 11.7 Å². The molecule has 17 heavy (non-hydrogen) atoms. The Bertz CT molecular complexity index is 230. The third-order valence-corrected chi connectivity index (χ3v) is 5.63. The Labute approximate surface area is 111 Å². The third kappa shape index (κ3) is 2.99. The molecule has 0 aromatic carbocycles. The maximum absolute atomic E-state index is 6.16. The van der Waals surface area contributed by atoms with Gasteiger partial charge in [0.2, 0.25) is 0 Å². The van der Waals surface area contributed by atoms with Gasteiger partial charge in [-0.05, 0) is 30.9 Å². The second kappa shape index (κ2) is 5.94. The maximum atomic E-state index is 6.16. The molecule has 2 rings (SSSR count). The van der Waals surface area contributed by atoms with Crippen LogP contribution in [0.15, 0.2) is 0 Å². The Morgan fingerprint density at radius 1 is 1.35 bits per heavy atom. The van der Waals surface area contributed by atoms with Crippen LogP contribution in [0.1, 0.15) is 46.0 Å². The van der Waals surface area contributed by atoms with Crippen molar-refractivity contribution in [3.05, 3.63) is 0 Å². The number of nitrogens with two attached hydrogens (primary N) is 1. The van der Waals surface area contributed by atoms with E-state index in [1.54, 1.807) is 0 Å². The lowest BCUT2D eigenvalue weighted by atomic mass is 9.92. The largest absolute Gasteiger partial charge is 0.329 e. The van der Waals surface area contributed by atoms with Gasteiger partial charge in [-0.3, -0.25) is 4.90 Å². The Morgan fingerprint density at radius 3 is 2.53 bits per heavy atom. The summed E-state index contributed by atoms with van der Waals surface area (Å²) in [6, 6.07) is 0.819. The van der Waals surface area contributed by atoms with Gasteiger partial charge in [-0.25, -0.2) is 0 Å². The summed E-state index contributed by atoms with van der Waals surface area (Å²) < 4.78 is 0. The molecule has 3 heteroatoms. The van der Waals surface area contributed by atoms with Crippen LogP contribution in [0.3, 0.4) is 0 Å². The van der Waals surface area contributed by atoms with E-state index in [0.717, 1.165) is 18.5 Å². The molecule has 1 saturated carbocycles. The quantitative estimate of drug-likeness (QED) is 0.820. The lowest BCUT2D eigenvalue weighted by Crippen LogP contribution is -2.58. The molecular weight excluding hydrogens is 228 g/mol. The fraction of sp³-hybridized carbons (Fsp3) is 1.00. The first-order chi connectivity index (χ1) is 8.18. The van der Waals surface area contributed by atoms with Crippen molar-refractivity contribution in [2.45, 2.75) is 57.5 Å². The van der Waals surface area contributed by atoms with Gasteiger partial charge in [0.1, 0.15) is 0 Å². The summed E-state index contributed by atoms with van der Waals surface area (Å²) in [5.41, 5.74) is 6.48. The molecule has 2 N–H and O–H groups in total. The van der Waals surface area contributed by atoms with Crippen LogP contribution in [0.5, 0.6) is 0 Å². The molecule has 0 bridgehead atoms. The van der Waals surface area contributed by atoms with Crippen LogP contribution >= 0.6 is 11.8 Å². The highest BCUT2D eigenvalue weighted by Crippen LogP contribution is 2.38. The Kier molecular flexibility index (Phi) is 4.79. The fourth-order valence-electron chi connectivity index (χ4n) is 3.44. The van der Waals surface area contributed by atoms with E-state index in [4.69, 9.17) is 5.73 Å². The zero-order valence-corrected chi connectivity index (χ0v) is 12.3. The van der Waals surface area contributed by atoms with E-state index in [9.17, 15) is 0 Å². The van der Waals surface area contributed by atoms with Gasteiger partial charge in [0.25, 0.3) is 0 Å². The number of rotatable bonds is 5. The monoisotopic (exact) mass is 256 g/mol. The number of thioether (sulfide) groups is 1. The van der Waals surface area contributed by atoms with E-state index in [1.165, 1.54) is 50.2 Å². The standard InChI is InChI=1S/C14H28N2S/c1-12(2)9-16(13-5-3-4-6-13)14(10-15)7-8-17-11-14/h12-13H,3-11,15H2,1-2H3. The van der Waals surface area contributed by atoms with Gasteiger partial charge in [0.15, 0.2) is 0 Å². The third-order valence-electron chi connectivity index (χ3n) is 4.40. The molecule has 0 aromatic heterocycles. The Morgan fingerprint density at radius 2 is 2.06 bits per heavy atom. The van der Waals surface area contributed by atoms with Gasteiger partial charge in [-0.1, -0.05) is 26.7 Å². The molecular formula is C14H28N2S. The zero-order valence-electron chi connectivity index (χ0n) is 11.5. The van der Waals surface area contributed by atoms with Gasteiger partial charge in [0, 0.05) is 30.4 Å². The van der Waals surface area contributed by atoms with Crippen LogP contribution in [-0.2, 0) is 0 Å². The molecule has 100 valence electrons. The summed E-state index contributed by atoms with van der Waals surface area (Å²) in [5.74, 6) is 3.32. The van der Waals surface area contributed by atoms with Crippen LogP contribution < -0.4 is 5.73 Å². The van der Waals surface area contributed by atoms with E-state index in [2.05, 4.69) is 30.5 Å². The Balaban J connectivity index is 2.12. The van der Waals surface area contributed by atoms with E-state index in [-0.39, 0.29) is 0 Å². The fourth-order valence-corrected chi connectivity index (χ4v) is 4.92. The van der Waals surface area contributed by atoms with Gasteiger partial charge >= 0.3 is 0 Å². The molecule has 1 saturated heterocycles. The second-order valence-corrected chi connectivity index (χ2v) is 7.32. The molecule has 0 spiro atoms. The van der Waals surface area contributed by atoms with Crippen molar-refractivity contribution in [3.63, 3.8) is 0 Å². The van der Waals surface area contributed by atoms with Crippen LogP contribution in [0.25, 0.3) is 0 Å². The first kappa shape index (κ1) is 13.7. The summed E-state index contributed by atoms with van der Waals surface area (Å²) in [7, 11) is 0. The summed E-state index contributed by atoms with van der Waals surface area (Å²) in [5, 5.41) is 0. The lowest BCUT2D eigenvalue weighted by Gasteiger charge is -2.45. The highest BCUT2D eigenvalue weighted by Gasteiger charge is 2.42. The van der Waals surface area contributed by atoms with Crippen LogP contribution in [0.4, 0.5) is 0 Å². The number of hydrogen-bond acceptors (Lipinski definition) is 3. The minimum atomic E-state index is 0.323. The molecule has 1 aliphatic heterocycles. The minimum absolute atomic E-state index is 0.323. The average Bonchev–Trinajstić information content (AvgIpc) is 2.98. The summed E-state index contributed by atoms with van der Waals surface area (Å²) >= 11 is 2.10. The predicted octanol–water partition coefficient (Wildman–Crippen LogP) is 2.72. The Hall–Kier alpha value is 0.270. The van der Waals surface area contributed by atoms with E-state index in [0.29, 0.717) is 5.54 Å². The SMILES string of the molecule is CC(C)CN(C1CCCC1)C1(CN)CCSC1. The molecule has 1 unspecified atom stereocenters. The van der Waals surface area contributed by atoms with E-state index >= 15 is 0 Å². The van der Waals surface area contributed by atoms with E-state index < -0.39 is 0 Å². The summed E-state index contributed by atoms with van der Waals surface area (Å²) in [4.78, 5) is 2.81. The van der Waals surface area contributed by atoms with Gasteiger partial charge in [-0.15, -0.1) is 0 Å². The van der Waals surface area contributed by atoms with Gasteiger partial charge < -0.3 is 5.73 Å². The van der Waals surface area contributed by atoms with Crippen LogP contribution in [-0.4, -0.2) is 41.1 Å². The highest BCUT2D eigenvalue weighted by molar-refractivity contribution is 7.99. The normalized spacial score (nSPS) is 30.9. The highest BCUT2D eigenvalue weighted by atomic mass is 32.2. The molecule has 2 aliphatic rings. The molecule has 1 aliphatic carbocycles. The van der Waals surface area contributed by atoms with Crippen molar-refractivity contribution >= 4 is 11.8 Å². The molecule has 1 heterocycles. The number of hydrogen-bond donors (Lipinski definition) is 1. The van der Waals surface area contributed by atoms with Crippen molar-refractivity contribution in [1.82, 2.24) is 4.90 Å². The molecule has 0 aromatic rings. The summed E-state index contributed by atoms with van der Waals surface area (Å²) in [6.07, 6.45) is 6.95. The zero-order chi connectivity index (χ0) is 12.3. The lowest BCUT2D eigenvalue weighted by molar-refractivity contribution is 0.0556. The van der Waals surface area contributed by atoms with E-state index in [1.807, 2.05) is 0 Å². The van der Waals surface area contributed by atoms with Gasteiger partial charge in [0.05, 0.1) is 0 Å². The van der Waals surface area contributed by atoms with Crippen molar-refractivity contribution < 1.29 is 0 Å². The first-order valence-corrected chi connectivity index (χ1v) is 8.38. The first-order valence-electron chi connectivity index (χ1n) is 7.22. The predicted molar refractivity (Wildman–Crippen MR) is 77.5 cm³/mol. The molecule has 2 fully saturated rings.